The third-order valence-electron chi connectivity index (χ3n) is 2.39. The average molecular weight is 243 g/mol. The molecule has 0 radical (unpaired) electrons. The summed E-state index contributed by atoms with van der Waals surface area (Å²) in [6, 6.07) is 3.03. The molecule has 0 spiro atoms. The second-order valence-electron chi connectivity index (χ2n) is 3.59. The molecule has 1 aromatic heterocycles. The summed E-state index contributed by atoms with van der Waals surface area (Å²) in [5.41, 5.74) is 0. The Morgan fingerprint density at radius 3 is 2.94 bits per heavy atom. The lowest BCUT2D eigenvalue weighted by molar-refractivity contribution is -0.134. The number of piperidine rings is 1. The van der Waals surface area contributed by atoms with E-state index in [1.807, 2.05) is 0 Å². The van der Waals surface area contributed by atoms with Crippen molar-refractivity contribution in [1.82, 2.24) is 10.6 Å². The Morgan fingerprint density at radius 2 is 2.31 bits per heavy atom. The molecule has 1 aliphatic rings. The van der Waals surface area contributed by atoms with Gasteiger partial charge in [-0.1, -0.05) is 0 Å². The first-order valence-corrected chi connectivity index (χ1v) is 5.34. The van der Waals surface area contributed by atoms with E-state index in [1.54, 1.807) is 12.1 Å². The molecule has 0 bridgehead atoms. The number of carbonyl (C=O) groups is 2. The highest BCUT2D eigenvalue weighted by molar-refractivity contribution is 6.28. The summed E-state index contributed by atoms with van der Waals surface area (Å²) in [6.07, 6.45) is 0.876. The van der Waals surface area contributed by atoms with Crippen molar-refractivity contribution >= 4 is 23.4 Å². The highest BCUT2D eigenvalue weighted by Gasteiger charge is 2.25. The molecule has 2 heterocycles. The van der Waals surface area contributed by atoms with Crippen molar-refractivity contribution in [3.8, 4) is 0 Å². The van der Waals surface area contributed by atoms with Crippen LogP contribution in [-0.4, -0.2) is 17.9 Å². The van der Waals surface area contributed by atoms with Crippen LogP contribution in [0.4, 0.5) is 0 Å². The van der Waals surface area contributed by atoms with Gasteiger partial charge in [0.25, 0.3) is 0 Å². The number of imide groups is 1. The normalized spacial score (nSPS) is 20.9. The number of carbonyl (C=O) groups excluding carboxylic acids is 2. The lowest BCUT2D eigenvalue weighted by Crippen LogP contribution is -2.50. The predicted octanol–water partition coefficient (Wildman–Crippen LogP) is 0.828. The van der Waals surface area contributed by atoms with Crippen LogP contribution in [-0.2, 0) is 16.1 Å². The number of nitrogens with one attached hydrogen (secondary N) is 2. The minimum Gasteiger partial charge on any atom is -0.448 e. The zero-order valence-corrected chi connectivity index (χ0v) is 9.21. The van der Waals surface area contributed by atoms with Crippen molar-refractivity contribution in [2.75, 3.05) is 0 Å². The van der Waals surface area contributed by atoms with Gasteiger partial charge in [-0.05, 0) is 30.2 Å². The summed E-state index contributed by atoms with van der Waals surface area (Å²) in [5.74, 6) is 0.160. The van der Waals surface area contributed by atoms with Crippen LogP contribution < -0.4 is 10.6 Å². The fraction of sp³-hybridized carbons (Fsp3) is 0.400. The predicted molar refractivity (Wildman–Crippen MR) is 56.7 cm³/mol. The molecule has 1 atom stereocenters. The molecule has 86 valence electrons. The zero-order chi connectivity index (χ0) is 11.5. The van der Waals surface area contributed by atoms with Crippen LogP contribution in [0.25, 0.3) is 0 Å². The zero-order valence-electron chi connectivity index (χ0n) is 8.46. The molecule has 1 aromatic rings. The van der Waals surface area contributed by atoms with Crippen molar-refractivity contribution in [3.63, 3.8) is 0 Å². The van der Waals surface area contributed by atoms with Crippen molar-refractivity contribution in [3.05, 3.63) is 23.1 Å². The fourth-order valence-corrected chi connectivity index (χ4v) is 1.72. The van der Waals surface area contributed by atoms with Crippen molar-refractivity contribution in [2.45, 2.75) is 25.4 Å². The lowest BCUT2D eigenvalue weighted by Gasteiger charge is -2.21. The Labute approximate surface area is 97.1 Å². The highest BCUT2D eigenvalue weighted by atomic mass is 35.5. The molecule has 2 amide bonds. The van der Waals surface area contributed by atoms with Gasteiger partial charge in [-0.15, -0.1) is 0 Å². The van der Waals surface area contributed by atoms with E-state index in [4.69, 9.17) is 16.0 Å². The minimum atomic E-state index is -0.346. The number of amides is 2. The summed E-state index contributed by atoms with van der Waals surface area (Å²) < 4.78 is 5.14. The molecular formula is C10H11ClN2O3. The van der Waals surface area contributed by atoms with E-state index < -0.39 is 0 Å². The molecule has 0 aliphatic carbocycles. The number of furan rings is 1. The Bertz CT molecular complexity index is 416. The topological polar surface area (TPSA) is 71.3 Å². The van der Waals surface area contributed by atoms with Crippen LogP contribution in [0.15, 0.2) is 16.5 Å². The average Bonchev–Trinajstić information content (AvgIpc) is 2.63. The fourth-order valence-electron chi connectivity index (χ4n) is 1.56. The molecule has 16 heavy (non-hydrogen) atoms. The summed E-state index contributed by atoms with van der Waals surface area (Å²) in [5, 5.41) is 5.60. The van der Waals surface area contributed by atoms with Gasteiger partial charge in [-0.2, -0.15) is 0 Å². The van der Waals surface area contributed by atoms with Crippen molar-refractivity contribution in [1.29, 1.82) is 0 Å². The third-order valence-corrected chi connectivity index (χ3v) is 2.59. The van der Waals surface area contributed by atoms with Crippen LogP contribution in [0.2, 0.25) is 5.22 Å². The molecule has 0 aromatic carbocycles. The van der Waals surface area contributed by atoms with E-state index in [1.165, 1.54) is 0 Å². The van der Waals surface area contributed by atoms with Gasteiger partial charge < -0.3 is 4.42 Å². The third kappa shape index (κ3) is 2.62. The van der Waals surface area contributed by atoms with Crippen LogP contribution in [0, 0.1) is 0 Å². The van der Waals surface area contributed by atoms with E-state index in [-0.39, 0.29) is 17.9 Å². The maximum Gasteiger partial charge on any atom is 0.243 e. The van der Waals surface area contributed by atoms with Gasteiger partial charge in [0.2, 0.25) is 11.8 Å². The van der Waals surface area contributed by atoms with E-state index in [9.17, 15) is 9.59 Å². The highest BCUT2D eigenvalue weighted by Crippen LogP contribution is 2.13. The Morgan fingerprint density at radius 1 is 1.50 bits per heavy atom. The number of rotatable bonds is 3. The SMILES string of the molecule is O=C1CCC(NCc2ccc(Cl)o2)C(=O)N1. The lowest BCUT2D eigenvalue weighted by atomic mass is 10.1. The molecule has 1 fully saturated rings. The first-order valence-electron chi connectivity index (χ1n) is 4.96. The maximum absolute atomic E-state index is 11.4. The Kier molecular flexibility index (Phi) is 3.26. The van der Waals surface area contributed by atoms with Crippen LogP contribution in [0.1, 0.15) is 18.6 Å². The number of halogens is 1. The summed E-state index contributed by atoms with van der Waals surface area (Å²) in [4.78, 5) is 22.3. The first kappa shape index (κ1) is 11.2. The van der Waals surface area contributed by atoms with Gasteiger partial charge in [0.05, 0.1) is 12.6 Å². The number of hydrogen-bond acceptors (Lipinski definition) is 4. The van der Waals surface area contributed by atoms with Crippen molar-refractivity contribution < 1.29 is 14.0 Å². The summed E-state index contributed by atoms with van der Waals surface area (Å²) in [7, 11) is 0. The molecule has 2 N–H and O–H groups in total. The van der Waals surface area contributed by atoms with Crippen LogP contribution >= 0.6 is 11.6 Å². The quantitative estimate of drug-likeness (QED) is 0.770. The van der Waals surface area contributed by atoms with Gasteiger partial charge >= 0.3 is 0 Å². The second kappa shape index (κ2) is 4.67. The molecular weight excluding hydrogens is 232 g/mol. The maximum atomic E-state index is 11.4. The van der Waals surface area contributed by atoms with Crippen molar-refractivity contribution in [2.24, 2.45) is 0 Å². The van der Waals surface area contributed by atoms with Gasteiger partial charge in [0.15, 0.2) is 5.22 Å². The molecule has 6 heteroatoms. The first-order chi connectivity index (χ1) is 7.65. The van der Waals surface area contributed by atoms with E-state index >= 15 is 0 Å². The van der Waals surface area contributed by atoms with Crippen LogP contribution in [0.3, 0.4) is 0 Å². The monoisotopic (exact) mass is 242 g/mol. The molecule has 1 saturated heterocycles. The molecule has 0 saturated carbocycles. The van der Waals surface area contributed by atoms with E-state index in [2.05, 4.69) is 10.6 Å². The smallest absolute Gasteiger partial charge is 0.243 e. The van der Waals surface area contributed by atoms with Gasteiger partial charge in [0, 0.05) is 6.42 Å². The second-order valence-corrected chi connectivity index (χ2v) is 3.96. The van der Waals surface area contributed by atoms with E-state index in [0.717, 1.165) is 0 Å². The summed E-state index contributed by atoms with van der Waals surface area (Å²) >= 11 is 5.61. The summed E-state index contributed by atoms with van der Waals surface area (Å²) in [6.45, 7) is 0.416. The molecule has 2 rings (SSSR count). The Hall–Kier alpha value is -1.33. The van der Waals surface area contributed by atoms with Gasteiger partial charge in [0.1, 0.15) is 5.76 Å². The standard InChI is InChI=1S/C10H11ClN2O3/c11-8-3-1-6(16-8)5-12-7-2-4-9(14)13-10(7)15/h1,3,7,12H,2,4-5H2,(H,13,14,15). The molecule has 1 aliphatic heterocycles. The van der Waals surface area contributed by atoms with Gasteiger partial charge in [-0.25, -0.2) is 0 Å². The van der Waals surface area contributed by atoms with Gasteiger partial charge in [-0.3, -0.25) is 20.2 Å². The number of hydrogen-bond donors (Lipinski definition) is 2. The minimum absolute atomic E-state index is 0.218. The molecule has 1 unspecified atom stereocenters. The van der Waals surface area contributed by atoms with Crippen LogP contribution in [0.5, 0.6) is 0 Å². The Balaban J connectivity index is 1.86. The largest absolute Gasteiger partial charge is 0.448 e. The van der Waals surface area contributed by atoms with E-state index in [0.29, 0.717) is 30.4 Å². The molecule has 5 nitrogen and oxygen atoms in total.